The van der Waals surface area contributed by atoms with Crippen LogP contribution in [0.5, 0.6) is 0 Å². The maximum absolute atomic E-state index is 5.35. The molecule has 1 atom stereocenters. The molecule has 1 rings (SSSR count). The van der Waals surface area contributed by atoms with Gasteiger partial charge in [0.05, 0.1) is 11.2 Å². The van der Waals surface area contributed by atoms with Crippen LogP contribution in [0.4, 0.5) is 0 Å². The van der Waals surface area contributed by atoms with E-state index in [4.69, 9.17) is 4.74 Å². The van der Waals surface area contributed by atoms with Crippen LogP contribution in [0.2, 0.25) is 0 Å². The summed E-state index contributed by atoms with van der Waals surface area (Å²) in [5, 5.41) is 0. The molecule has 0 spiro atoms. The molecule has 0 aromatic heterocycles. The molecule has 0 aromatic rings. The minimum absolute atomic E-state index is 0.651. The first-order chi connectivity index (χ1) is 5.25. The number of alkyl halides is 1. The van der Waals surface area contributed by atoms with Gasteiger partial charge in [0.2, 0.25) is 0 Å². The second-order valence-corrected chi connectivity index (χ2v) is 3.93. The zero-order valence-corrected chi connectivity index (χ0v) is 9.37. The van der Waals surface area contributed by atoms with Crippen LogP contribution in [0.15, 0.2) is 0 Å². The van der Waals surface area contributed by atoms with E-state index in [0.717, 1.165) is 17.8 Å². The Morgan fingerprint density at radius 3 is 2.73 bits per heavy atom. The van der Waals surface area contributed by atoms with Crippen LogP contribution in [0, 0.1) is 0 Å². The Labute approximate surface area is 82.4 Å². The van der Waals surface area contributed by atoms with Gasteiger partial charge in [-0.1, -0.05) is 22.6 Å². The Hall–Kier alpha value is 0.650. The summed E-state index contributed by atoms with van der Waals surface area (Å²) in [5.74, 6) is 0. The van der Waals surface area contributed by atoms with E-state index in [-0.39, 0.29) is 0 Å². The Balaban J connectivity index is 2.40. The van der Waals surface area contributed by atoms with Crippen LogP contribution in [-0.4, -0.2) is 34.7 Å². The SMILES string of the molecule is CC(C)N(CI)[C@@H]1CCOC1. The fourth-order valence-corrected chi connectivity index (χ4v) is 2.79. The highest BCUT2D eigenvalue weighted by molar-refractivity contribution is 14.1. The normalized spacial score (nSPS) is 25.4. The third-order valence-corrected chi connectivity index (χ3v) is 2.96. The summed E-state index contributed by atoms with van der Waals surface area (Å²) in [6.07, 6.45) is 1.21. The van der Waals surface area contributed by atoms with Gasteiger partial charge in [-0.15, -0.1) is 0 Å². The van der Waals surface area contributed by atoms with E-state index < -0.39 is 0 Å². The van der Waals surface area contributed by atoms with Crippen molar-refractivity contribution >= 4 is 22.6 Å². The average Bonchev–Trinajstić information content (AvgIpc) is 2.40. The molecule has 1 saturated heterocycles. The largest absolute Gasteiger partial charge is 0.380 e. The number of hydrogen-bond donors (Lipinski definition) is 0. The van der Waals surface area contributed by atoms with E-state index in [2.05, 4.69) is 41.3 Å². The summed E-state index contributed by atoms with van der Waals surface area (Å²) in [5.41, 5.74) is 0. The Morgan fingerprint density at radius 1 is 1.64 bits per heavy atom. The summed E-state index contributed by atoms with van der Waals surface area (Å²) >= 11 is 2.42. The van der Waals surface area contributed by atoms with Gasteiger partial charge in [-0.2, -0.15) is 0 Å². The lowest BCUT2D eigenvalue weighted by molar-refractivity contribution is 0.141. The molecule has 0 N–H and O–H groups in total. The smallest absolute Gasteiger partial charge is 0.0623 e. The maximum Gasteiger partial charge on any atom is 0.0623 e. The van der Waals surface area contributed by atoms with Crippen LogP contribution < -0.4 is 0 Å². The predicted molar refractivity (Wildman–Crippen MR) is 55.1 cm³/mol. The van der Waals surface area contributed by atoms with Crippen molar-refractivity contribution in [2.24, 2.45) is 0 Å². The van der Waals surface area contributed by atoms with Crippen LogP contribution in [0.25, 0.3) is 0 Å². The summed E-state index contributed by atoms with van der Waals surface area (Å²) in [6.45, 7) is 6.37. The van der Waals surface area contributed by atoms with E-state index in [1.54, 1.807) is 0 Å². The molecule has 2 nitrogen and oxygen atoms in total. The summed E-state index contributed by atoms with van der Waals surface area (Å²) in [7, 11) is 0. The molecule has 1 fully saturated rings. The van der Waals surface area contributed by atoms with Crippen molar-refractivity contribution in [3.05, 3.63) is 0 Å². The van der Waals surface area contributed by atoms with Crippen molar-refractivity contribution in [2.75, 3.05) is 17.8 Å². The topological polar surface area (TPSA) is 12.5 Å². The van der Waals surface area contributed by atoms with Gasteiger partial charge in [0, 0.05) is 18.7 Å². The molecule has 11 heavy (non-hydrogen) atoms. The number of nitrogens with zero attached hydrogens (tertiary/aromatic N) is 1. The van der Waals surface area contributed by atoms with Gasteiger partial charge in [-0.05, 0) is 20.3 Å². The van der Waals surface area contributed by atoms with Crippen molar-refractivity contribution in [1.29, 1.82) is 0 Å². The summed E-state index contributed by atoms with van der Waals surface area (Å²) in [6, 6.07) is 1.32. The number of halogens is 1. The quantitative estimate of drug-likeness (QED) is 0.440. The fourth-order valence-electron chi connectivity index (χ4n) is 1.44. The summed E-state index contributed by atoms with van der Waals surface area (Å²) < 4.78 is 6.46. The molecule has 1 aliphatic rings. The van der Waals surface area contributed by atoms with Crippen LogP contribution in [0.1, 0.15) is 20.3 Å². The minimum atomic E-state index is 0.651. The van der Waals surface area contributed by atoms with Gasteiger partial charge in [0.15, 0.2) is 0 Å². The Bertz CT molecular complexity index is 113. The lowest BCUT2D eigenvalue weighted by Gasteiger charge is -2.29. The number of rotatable bonds is 3. The second kappa shape index (κ2) is 4.62. The number of ether oxygens (including phenoxy) is 1. The first-order valence-electron chi connectivity index (χ1n) is 4.15. The van der Waals surface area contributed by atoms with Gasteiger partial charge in [0.1, 0.15) is 0 Å². The van der Waals surface area contributed by atoms with E-state index in [1.165, 1.54) is 6.42 Å². The van der Waals surface area contributed by atoms with E-state index >= 15 is 0 Å². The highest BCUT2D eigenvalue weighted by atomic mass is 127. The second-order valence-electron chi connectivity index (χ2n) is 3.24. The van der Waals surface area contributed by atoms with Crippen molar-refractivity contribution in [1.82, 2.24) is 4.90 Å². The predicted octanol–water partition coefficient (Wildman–Crippen LogP) is 1.88. The average molecular weight is 269 g/mol. The van der Waals surface area contributed by atoms with Crippen molar-refractivity contribution < 1.29 is 4.74 Å². The first-order valence-corrected chi connectivity index (χ1v) is 5.67. The molecule has 0 amide bonds. The summed E-state index contributed by atoms with van der Waals surface area (Å²) in [4.78, 5) is 2.49. The van der Waals surface area contributed by atoms with Gasteiger partial charge in [-0.3, -0.25) is 4.90 Å². The van der Waals surface area contributed by atoms with E-state index in [1.807, 2.05) is 0 Å². The lowest BCUT2D eigenvalue weighted by Crippen LogP contribution is -2.39. The van der Waals surface area contributed by atoms with Gasteiger partial charge < -0.3 is 4.74 Å². The number of hydrogen-bond acceptors (Lipinski definition) is 2. The minimum Gasteiger partial charge on any atom is -0.380 e. The molecule has 0 aromatic carbocycles. The van der Waals surface area contributed by atoms with Crippen LogP contribution >= 0.6 is 22.6 Å². The molecule has 66 valence electrons. The monoisotopic (exact) mass is 269 g/mol. The lowest BCUT2D eigenvalue weighted by atomic mass is 10.2. The zero-order chi connectivity index (χ0) is 8.27. The Morgan fingerprint density at radius 2 is 2.36 bits per heavy atom. The van der Waals surface area contributed by atoms with E-state index in [0.29, 0.717) is 12.1 Å². The highest BCUT2D eigenvalue weighted by Crippen LogP contribution is 2.16. The third kappa shape index (κ3) is 2.56. The highest BCUT2D eigenvalue weighted by Gasteiger charge is 2.23. The molecule has 0 bridgehead atoms. The molecule has 3 heteroatoms. The zero-order valence-electron chi connectivity index (χ0n) is 7.22. The van der Waals surface area contributed by atoms with E-state index in [9.17, 15) is 0 Å². The first kappa shape index (κ1) is 9.74. The van der Waals surface area contributed by atoms with Crippen molar-refractivity contribution in [3.63, 3.8) is 0 Å². The third-order valence-electron chi connectivity index (χ3n) is 2.18. The molecule has 1 aliphatic heterocycles. The molecule has 1 heterocycles. The van der Waals surface area contributed by atoms with Gasteiger partial charge in [0.25, 0.3) is 0 Å². The molecule has 0 radical (unpaired) electrons. The van der Waals surface area contributed by atoms with Crippen molar-refractivity contribution in [2.45, 2.75) is 32.4 Å². The molecule has 0 aliphatic carbocycles. The standard InChI is InChI=1S/C8H16INO/c1-7(2)10(6-9)8-3-4-11-5-8/h7-8H,3-6H2,1-2H3/t8-/m1/s1. The molecular weight excluding hydrogens is 253 g/mol. The maximum atomic E-state index is 5.35. The van der Waals surface area contributed by atoms with Gasteiger partial charge >= 0.3 is 0 Å². The molecule has 0 unspecified atom stereocenters. The van der Waals surface area contributed by atoms with Crippen LogP contribution in [0.3, 0.4) is 0 Å². The Kier molecular flexibility index (Phi) is 4.09. The van der Waals surface area contributed by atoms with Gasteiger partial charge in [-0.25, -0.2) is 0 Å². The molecule has 0 saturated carbocycles. The molecular formula is C8H16INO. The van der Waals surface area contributed by atoms with Crippen molar-refractivity contribution in [3.8, 4) is 0 Å². The van der Waals surface area contributed by atoms with Crippen LogP contribution in [-0.2, 0) is 4.74 Å². The fraction of sp³-hybridized carbons (Fsp3) is 1.00.